The minimum atomic E-state index is 0.263. The van der Waals surface area contributed by atoms with Crippen molar-refractivity contribution < 1.29 is 0 Å². The van der Waals surface area contributed by atoms with Crippen molar-refractivity contribution in [3.05, 3.63) is 33.8 Å². The van der Waals surface area contributed by atoms with E-state index in [4.69, 9.17) is 23.2 Å². The fraction of sp³-hybridized carbons (Fsp3) is 0.600. The van der Waals surface area contributed by atoms with Gasteiger partial charge in [0.1, 0.15) is 0 Å². The summed E-state index contributed by atoms with van der Waals surface area (Å²) in [4.78, 5) is 0. The lowest BCUT2D eigenvalue weighted by atomic mass is 9.92. The van der Waals surface area contributed by atoms with E-state index in [1.165, 1.54) is 31.2 Å². The molecule has 0 spiro atoms. The van der Waals surface area contributed by atoms with Gasteiger partial charge in [-0.1, -0.05) is 42.6 Å². The Kier molecular flexibility index (Phi) is 3.34. The maximum atomic E-state index is 6.40. The number of benzene rings is 1. The molecular weight excluding hydrogens is 265 g/mol. The lowest BCUT2D eigenvalue weighted by molar-refractivity contribution is 0.522. The summed E-state index contributed by atoms with van der Waals surface area (Å²) >= 11 is 12.4. The quantitative estimate of drug-likeness (QED) is 0.844. The van der Waals surface area contributed by atoms with Crippen LogP contribution in [0.3, 0.4) is 0 Å². The summed E-state index contributed by atoms with van der Waals surface area (Å²) in [7, 11) is 0. The van der Waals surface area contributed by atoms with Gasteiger partial charge in [0.2, 0.25) is 0 Å². The second-order valence-electron chi connectivity index (χ2n) is 5.74. The molecule has 2 aliphatic rings. The van der Waals surface area contributed by atoms with Gasteiger partial charge in [0.25, 0.3) is 0 Å². The van der Waals surface area contributed by atoms with E-state index in [1.54, 1.807) is 0 Å². The van der Waals surface area contributed by atoms with Gasteiger partial charge in [-0.3, -0.25) is 0 Å². The van der Waals surface area contributed by atoms with Crippen LogP contribution < -0.4 is 5.32 Å². The van der Waals surface area contributed by atoms with Crippen molar-refractivity contribution in [2.75, 3.05) is 6.54 Å². The fourth-order valence-corrected chi connectivity index (χ4v) is 3.66. The maximum Gasteiger partial charge on any atom is 0.0459 e. The summed E-state index contributed by atoms with van der Waals surface area (Å²) in [6.45, 7) is 3.34. The third-order valence-electron chi connectivity index (χ3n) is 4.48. The third kappa shape index (κ3) is 2.29. The van der Waals surface area contributed by atoms with Gasteiger partial charge in [-0.15, -0.1) is 0 Å². The summed E-state index contributed by atoms with van der Waals surface area (Å²) in [5.41, 5.74) is 1.55. The van der Waals surface area contributed by atoms with Crippen LogP contribution in [-0.2, 0) is 5.41 Å². The Balaban J connectivity index is 1.84. The topological polar surface area (TPSA) is 12.0 Å². The zero-order valence-corrected chi connectivity index (χ0v) is 12.2. The number of halogens is 2. The van der Waals surface area contributed by atoms with Crippen LogP contribution >= 0.6 is 23.2 Å². The second-order valence-corrected chi connectivity index (χ2v) is 6.59. The molecule has 0 aliphatic heterocycles. The monoisotopic (exact) mass is 283 g/mol. The zero-order chi connectivity index (χ0) is 12.8. The van der Waals surface area contributed by atoms with Crippen molar-refractivity contribution in [3.8, 4) is 0 Å². The molecule has 3 rings (SSSR count). The van der Waals surface area contributed by atoms with Crippen LogP contribution in [-0.4, -0.2) is 12.6 Å². The van der Waals surface area contributed by atoms with Gasteiger partial charge in [0.15, 0.2) is 0 Å². The van der Waals surface area contributed by atoms with E-state index in [9.17, 15) is 0 Å². The van der Waals surface area contributed by atoms with Gasteiger partial charge in [-0.05, 0) is 42.9 Å². The Morgan fingerprint density at radius 3 is 2.67 bits per heavy atom. The first-order chi connectivity index (χ1) is 8.65. The summed E-state index contributed by atoms with van der Waals surface area (Å²) in [6, 6.07) is 6.72. The molecule has 2 fully saturated rings. The smallest absolute Gasteiger partial charge is 0.0459 e. The van der Waals surface area contributed by atoms with Gasteiger partial charge in [-0.25, -0.2) is 0 Å². The van der Waals surface area contributed by atoms with E-state index < -0.39 is 0 Å². The number of hydrogen-bond donors (Lipinski definition) is 1. The highest BCUT2D eigenvalue weighted by Crippen LogP contribution is 2.57. The summed E-state index contributed by atoms with van der Waals surface area (Å²) < 4.78 is 0. The largest absolute Gasteiger partial charge is 0.313 e. The van der Waals surface area contributed by atoms with E-state index >= 15 is 0 Å². The van der Waals surface area contributed by atoms with Crippen molar-refractivity contribution in [2.24, 2.45) is 5.92 Å². The van der Waals surface area contributed by atoms with Gasteiger partial charge in [-0.2, -0.15) is 0 Å². The van der Waals surface area contributed by atoms with Crippen LogP contribution in [0.15, 0.2) is 18.2 Å². The Bertz CT molecular complexity index is 456. The molecule has 3 heteroatoms. The summed E-state index contributed by atoms with van der Waals surface area (Å²) in [6.07, 6.45) is 5.15. The molecule has 2 unspecified atom stereocenters. The third-order valence-corrected chi connectivity index (χ3v) is 5.02. The first-order valence-corrected chi connectivity index (χ1v) is 7.60. The highest BCUT2D eigenvalue weighted by Gasteiger charge is 2.54. The second kappa shape index (κ2) is 4.70. The average molecular weight is 284 g/mol. The number of nitrogens with one attached hydrogen (secondary N) is 1. The molecule has 2 aliphatic carbocycles. The molecule has 1 nitrogen and oxygen atoms in total. The molecule has 18 heavy (non-hydrogen) atoms. The number of rotatable bonds is 5. The van der Waals surface area contributed by atoms with Crippen molar-refractivity contribution in [1.29, 1.82) is 0 Å². The van der Waals surface area contributed by atoms with Gasteiger partial charge in [0.05, 0.1) is 0 Å². The van der Waals surface area contributed by atoms with E-state index in [2.05, 4.69) is 18.3 Å². The van der Waals surface area contributed by atoms with Crippen molar-refractivity contribution in [2.45, 2.75) is 44.1 Å². The molecule has 0 radical (unpaired) electrons. The van der Waals surface area contributed by atoms with Crippen LogP contribution in [0.5, 0.6) is 0 Å². The van der Waals surface area contributed by atoms with Crippen LogP contribution in [0.4, 0.5) is 0 Å². The maximum absolute atomic E-state index is 6.40. The van der Waals surface area contributed by atoms with Gasteiger partial charge < -0.3 is 5.32 Å². The van der Waals surface area contributed by atoms with Crippen LogP contribution in [0.25, 0.3) is 0 Å². The molecule has 1 aromatic rings. The molecular formula is C15H19Cl2N. The van der Waals surface area contributed by atoms with Crippen LogP contribution in [0.2, 0.25) is 10.0 Å². The SMILES string of the molecule is CCC1CC1(CNC1CC1)c1ccc(Cl)cc1Cl. The highest BCUT2D eigenvalue weighted by molar-refractivity contribution is 6.35. The first kappa shape index (κ1) is 12.8. The van der Waals surface area contributed by atoms with Gasteiger partial charge in [0, 0.05) is 28.0 Å². The number of hydrogen-bond acceptors (Lipinski definition) is 1. The molecule has 1 N–H and O–H groups in total. The van der Waals surface area contributed by atoms with Gasteiger partial charge >= 0.3 is 0 Å². The fourth-order valence-electron chi connectivity index (χ4n) is 3.06. The minimum absolute atomic E-state index is 0.263. The molecule has 0 bridgehead atoms. The molecule has 2 atom stereocenters. The molecule has 0 aromatic heterocycles. The van der Waals surface area contributed by atoms with Crippen LogP contribution in [0, 0.1) is 5.92 Å². The van der Waals surface area contributed by atoms with Crippen molar-refractivity contribution in [1.82, 2.24) is 5.32 Å². The predicted octanol–water partition coefficient (Wildman–Crippen LogP) is 4.41. The Morgan fingerprint density at radius 1 is 1.33 bits per heavy atom. The zero-order valence-electron chi connectivity index (χ0n) is 10.7. The summed E-state index contributed by atoms with van der Waals surface area (Å²) in [5.74, 6) is 0.766. The average Bonchev–Trinajstić information content (AvgIpc) is 3.22. The molecule has 0 amide bonds. The normalized spacial score (nSPS) is 30.5. The van der Waals surface area contributed by atoms with E-state index in [1.807, 2.05) is 12.1 Å². The molecule has 2 saturated carbocycles. The Hall–Kier alpha value is -0.240. The first-order valence-electron chi connectivity index (χ1n) is 6.84. The van der Waals surface area contributed by atoms with Crippen molar-refractivity contribution in [3.63, 3.8) is 0 Å². The predicted molar refractivity (Wildman–Crippen MR) is 77.6 cm³/mol. The van der Waals surface area contributed by atoms with E-state index in [-0.39, 0.29) is 5.41 Å². The summed E-state index contributed by atoms with van der Waals surface area (Å²) in [5, 5.41) is 5.23. The molecule has 1 aromatic carbocycles. The van der Waals surface area contributed by atoms with E-state index in [0.717, 1.165) is 28.5 Å². The van der Waals surface area contributed by atoms with Crippen LogP contribution in [0.1, 0.15) is 38.2 Å². The highest BCUT2D eigenvalue weighted by atomic mass is 35.5. The van der Waals surface area contributed by atoms with E-state index in [0.29, 0.717) is 0 Å². The minimum Gasteiger partial charge on any atom is -0.313 e. The Labute approximate surface area is 119 Å². The lowest BCUT2D eigenvalue weighted by Crippen LogP contribution is -2.30. The Morgan fingerprint density at radius 2 is 2.11 bits per heavy atom. The lowest BCUT2D eigenvalue weighted by Gasteiger charge is -2.20. The standard InChI is InChI=1S/C15H19Cl2N/c1-2-10-8-15(10,9-18-12-4-5-12)13-6-3-11(16)7-14(13)17/h3,6-7,10,12,18H,2,4-5,8-9H2,1H3. The molecule has 0 heterocycles. The van der Waals surface area contributed by atoms with Crippen molar-refractivity contribution >= 4 is 23.2 Å². The molecule has 98 valence electrons. The molecule has 0 saturated heterocycles.